The van der Waals surface area contributed by atoms with Crippen LogP contribution in [0.15, 0.2) is 0 Å². The summed E-state index contributed by atoms with van der Waals surface area (Å²) in [6, 6.07) is 0. The van der Waals surface area contributed by atoms with E-state index in [1.165, 1.54) is 19.8 Å². The van der Waals surface area contributed by atoms with Gasteiger partial charge in [0.2, 0.25) is 0 Å². The van der Waals surface area contributed by atoms with E-state index in [2.05, 4.69) is 11.8 Å². The monoisotopic (exact) mass is 185 g/mol. The third-order valence-electron chi connectivity index (χ3n) is 2.39. The zero-order chi connectivity index (χ0) is 9.68. The zero-order valence-corrected chi connectivity index (χ0v) is 8.58. The first-order valence-electron chi connectivity index (χ1n) is 5.12. The molecule has 3 heteroatoms. The minimum atomic E-state index is -0.151. The maximum absolute atomic E-state index is 10.7. The lowest BCUT2D eigenvalue weighted by Crippen LogP contribution is -2.25. The molecule has 1 unspecified atom stereocenters. The summed E-state index contributed by atoms with van der Waals surface area (Å²) < 4.78 is 5.14. The largest absolute Gasteiger partial charge is 0.461 e. The number of ether oxygens (including phenoxy) is 1. The zero-order valence-electron chi connectivity index (χ0n) is 8.58. The summed E-state index contributed by atoms with van der Waals surface area (Å²) in [6.07, 6.45) is 3.62. The van der Waals surface area contributed by atoms with Gasteiger partial charge < -0.3 is 4.74 Å². The summed E-state index contributed by atoms with van der Waals surface area (Å²) in [6.45, 7) is 6.83. The molecule has 13 heavy (non-hydrogen) atoms. The highest BCUT2D eigenvalue weighted by Crippen LogP contribution is 2.13. The fourth-order valence-corrected chi connectivity index (χ4v) is 1.71. The SMILES string of the molecule is CCCCN1CCC(OC(C)=O)C1. The van der Waals surface area contributed by atoms with Crippen LogP contribution >= 0.6 is 0 Å². The van der Waals surface area contributed by atoms with Gasteiger partial charge in [-0.25, -0.2) is 0 Å². The summed E-state index contributed by atoms with van der Waals surface area (Å²) in [7, 11) is 0. The Balaban J connectivity index is 2.16. The minimum Gasteiger partial charge on any atom is -0.461 e. The van der Waals surface area contributed by atoms with Crippen molar-refractivity contribution < 1.29 is 9.53 Å². The van der Waals surface area contributed by atoms with Gasteiger partial charge in [0.05, 0.1) is 0 Å². The number of unbranched alkanes of at least 4 members (excludes halogenated alkanes) is 1. The highest BCUT2D eigenvalue weighted by atomic mass is 16.5. The molecule has 1 saturated heterocycles. The number of carbonyl (C=O) groups is 1. The molecular weight excluding hydrogens is 166 g/mol. The van der Waals surface area contributed by atoms with Crippen molar-refractivity contribution in [2.45, 2.75) is 39.2 Å². The van der Waals surface area contributed by atoms with Crippen LogP contribution in [0.25, 0.3) is 0 Å². The van der Waals surface area contributed by atoms with Crippen molar-refractivity contribution in [1.82, 2.24) is 4.90 Å². The maximum atomic E-state index is 10.7. The van der Waals surface area contributed by atoms with Crippen LogP contribution < -0.4 is 0 Å². The van der Waals surface area contributed by atoms with Crippen LogP contribution in [0.3, 0.4) is 0 Å². The molecule has 0 spiro atoms. The minimum absolute atomic E-state index is 0.148. The molecule has 0 aliphatic carbocycles. The second-order valence-electron chi connectivity index (χ2n) is 3.67. The van der Waals surface area contributed by atoms with Gasteiger partial charge in [-0.1, -0.05) is 13.3 Å². The molecule has 0 aromatic carbocycles. The Bertz CT molecular complexity index is 170. The molecule has 0 amide bonds. The molecule has 1 atom stereocenters. The van der Waals surface area contributed by atoms with Crippen LogP contribution in [-0.4, -0.2) is 36.6 Å². The topological polar surface area (TPSA) is 29.5 Å². The molecule has 0 aromatic heterocycles. The lowest BCUT2D eigenvalue weighted by atomic mass is 10.3. The molecule has 1 heterocycles. The first kappa shape index (κ1) is 10.5. The van der Waals surface area contributed by atoms with Crippen molar-refractivity contribution in [3.63, 3.8) is 0 Å². The standard InChI is InChI=1S/C10H19NO2/c1-3-4-6-11-7-5-10(8-11)13-9(2)12/h10H,3-8H2,1-2H3. The fourth-order valence-electron chi connectivity index (χ4n) is 1.71. The number of hydrogen-bond donors (Lipinski definition) is 0. The molecule has 1 aliphatic heterocycles. The highest BCUT2D eigenvalue weighted by Gasteiger charge is 2.23. The van der Waals surface area contributed by atoms with E-state index in [1.54, 1.807) is 0 Å². The van der Waals surface area contributed by atoms with Crippen LogP contribution in [-0.2, 0) is 9.53 Å². The van der Waals surface area contributed by atoms with E-state index in [4.69, 9.17) is 4.74 Å². The van der Waals surface area contributed by atoms with Gasteiger partial charge >= 0.3 is 5.97 Å². The Morgan fingerprint density at radius 2 is 2.38 bits per heavy atom. The van der Waals surface area contributed by atoms with E-state index in [0.717, 1.165) is 26.1 Å². The van der Waals surface area contributed by atoms with Gasteiger partial charge in [0.25, 0.3) is 0 Å². The van der Waals surface area contributed by atoms with Crippen molar-refractivity contribution in [3.05, 3.63) is 0 Å². The van der Waals surface area contributed by atoms with Crippen molar-refractivity contribution in [3.8, 4) is 0 Å². The van der Waals surface area contributed by atoms with Crippen molar-refractivity contribution in [2.24, 2.45) is 0 Å². The molecule has 0 radical (unpaired) electrons. The van der Waals surface area contributed by atoms with Crippen LogP contribution in [0.4, 0.5) is 0 Å². The number of esters is 1. The molecule has 1 fully saturated rings. The van der Waals surface area contributed by atoms with Gasteiger partial charge in [-0.2, -0.15) is 0 Å². The predicted molar refractivity (Wildman–Crippen MR) is 51.5 cm³/mol. The van der Waals surface area contributed by atoms with Gasteiger partial charge in [0.15, 0.2) is 0 Å². The molecule has 76 valence electrons. The summed E-state index contributed by atoms with van der Waals surface area (Å²) >= 11 is 0. The predicted octanol–water partition coefficient (Wildman–Crippen LogP) is 1.42. The van der Waals surface area contributed by atoms with Crippen LogP contribution in [0.2, 0.25) is 0 Å². The van der Waals surface area contributed by atoms with Crippen LogP contribution in [0.5, 0.6) is 0 Å². The molecule has 1 aliphatic rings. The number of rotatable bonds is 4. The fraction of sp³-hybridized carbons (Fsp3) is 0.900. The number of likely N-dealkylation sites (tertiary alicyclic amines) is 1. The summed E-state index contributed by atoms with van der Waals surface area (Å²) in [5.41, 5.74) is 0. The number of carbonyl (C=O) groups excluding carboxylic acids is 1. The van der Waals surface area contributed by atoms with E-state index in [9.17, 15) is 4.79 Å². The quantitative estimate of drug-likeness (QED) is 0.620. The van der Waals surface area contributed by atoms with Gasteiger partial charge in [0.1, 0.15) is 6.10 Å². The lowest BCUT2D eigenvalue weighted by Gasteiger charge is -2.14. The van der Waals surface area contributed by atoms with Crippen molar-refractivity contribution in [1.29, 1.82) is 0 Å². The lowest BCUT2D eigenvalue weighted by molar-refractivity contribution is -0.145. The van der Waals surface area contributed by atoms with Gasteiger partial charge in [-0.05, 0) is 19.4 Å². The molecule has 0 saturated carbocycles. The van der Waals surface area contributed by atoms with Crippen LogP contribution in [0.1, 0.15) is 33.1 Å². The number of nitrogens with zero attached hydrogens (tertiary/aromatic N) is 1. The summed E-state index contributed by atoms with van der Waals surface area (Å²) in [5, 5.41) is 0. The Labute approximate surface area is 80.1 Å². The third-order valence-corrected chi connectivity index (χ3v) is 2.39. The molecule has 0 N–H and O–H groups in total. The van der Waals surface area contributed by atoms with E-state index in [1.807, 2.05) is 0 Å². The third kappa shape index (κ3) is 3.77. The Morgan fingerprint density at radius 1 is 1.62 bits per heavy atom. The summed E-state index contributed by atoms with van der Waals surface area (Å²) in [5.74, 6) is -0.151. The Hall–Kier alpha value is -0.570. The average Bonchev–Trinajstić information content (AvgIpc) is 2.48. The second-order valence-corrected chi connectivity index (χ2v) is 3.67. The Morgan fingerprint density at radius 3 is 3.00 bits per heavy atom. The molecule has 3 nitrogen and oxygen atoms in total. The van der Waals surface area contributed by atoms with Crippen molar-refractivity contribution in [2.75, 3.05) is 19.6 Å². The average molecular weight is 185 g/mol. The van der Waals surface area contributed by atoms with E-state index in [-0.39, 0.29) is 12.1 Å². The first-order chi connectivity index (χ1) is 6.22. The van der Waals surface area contributed by atoms with Gasteiger partial charge in [-0.15, -0.1) is 0 Å². The number of hydrogen-bond acceptors (Lipinski definition) is 3. The second kappa shape index (κ2) is 5.22. The highest BCUT2D eigenvalue weighted by molar-refractivity contribution is 5.66. The molecular formula is C10H19NO2. The smallest absolute Gasteiger partial charge is 0.302 e. The molecule has 0 bridgehead atoms. The van der Waals surface area contributed by atoms with Crippen molar-refractivity contribution >= 4 is 5.97 Å². The van der Waals surface area contributed by atoms with Gasteiger partial charge in [0, 0.05) is 20.0 Å². The van der Waals surface area contributed by atoms with E-state index >= 15 is 0 Å². The van der Waals surface area contributed by atoms with Crippen LogP contribution in [0, 0.1) is 0 Å². The first-order valence-corrected chi connectivity index (χ1v) is 5.12. The molecule has 1 rings (SSSR count). The Kier molecular flexibility index (Phi) is 4.22. The van der Waals surface area contributed by atoms with E-state index in [0.29, 0.717) is 0 Å². The summed E-state index contributed by atoms with van der Waals surface area (Å²) in [4.78, 5) is 13.1. The van der Waals surface area contributed by atoms with Gasteiger partial charge in [-0.3, -0.25) is 9.69 Å². The maximum Gasteiger partial charge on any atom is 0.302 e. The van der Waals surface area contributed by atoms with E-state index < -0.39 is 0 Å². The molecule has 0 aromatic rings. The normalized spacial score (nSPS) is 23.4.